The van der Waals surface area contributed by atoms with Gasteiger partial charge in [-0.1, -0.05) is 12.2 Å². The molecule has 0 aromatic heterocycles. The van der Waals surface area contributed by atoms with Gasteiger partial charge in [0.25, 0.3) is 0 Å². The largest absolute Gasteiger partial charge is 0.393 e. The first kappa shape index (κ1) is 14.3. The third kappa shape index (κ3) is 7.27. The minimum absolute atomic E-state index is 0.107. The number of amides is 1. The Morgan fingerprint density at radius 2 is 2.13 bits per heavy atom. The highest BCUT2D eigenvalue weighted by atomic mass is 32.1. The summed E-state index contributed by atoms with van der Waals surface area (Å²) in [5.74, 6) is 0.107. The molecule has 15 heavy (non-hydrogen) atoms. The maximum atomic E-state index is 11.6. The summed E-state index contributed by atoms with van der Waals surface area (Å²) in [5, 5.41) is 0. The van der Waals surface area contributed by atoms with Crippen LogP contribution >= 0.6 is 12.2 Å². The van der Waals surface area contributed by atoms with E-state index in [0.717, 1.165) is 6.42 Å². The number of rotatable bonds is 7. The summed E-state index contributed by atoms with van der Waals surface area (Å²) in [6.45, 7) is 2.54. The molecule has 1 atom stereocenters. The van der Waals surface area contributed by atoms with Crippen molar-refractivity contribution in [2.24, 2.45) is 5.73 Å². The highest BCUT2D eigenvalue weighted by Crippen LogP contribution is 2.03. The van der Waals surface area contributed by atoms with E-state index in [9.17, 15) is 4.79 Å². The molecule has 0 saturated carbocycles. The SMILES string of the molecule is COC(C)CCC(=O)N(C)CCC(N)=S. The van der Waals surface area contributed by atoms with Gasteiger partial charge < -0.3 is 15.4 Å². The van der Waals surface area contributed by atoms with Crippen molar-refractivity contribution in [3.05, 3.63) is 0 Å². The number of thiocarbonyl (C=S) groups is 1. The van der Waals surface area contributed by atoms with Gasteiger partial charge >= 0.3 is 0 Å². The fourth-order valence-corrected chi connectivity index (χ4v) is 1.13. The second-order valence-electron chi connectivity index (χ2n) is 3.62. The van der Waals surface area contributed by atoms with Gasteiger partial charge in [0, 0.05) is 33.5 Å². The van der Waals surface area contributed by atoms with Crippen molar-refractivity contribution < 1.29 is 9.53 Å². The normalized spacial score (nSPS) is 12.2. The molecule has 0 aliphatic carbocycles. The fraction of sp³-hybridized carbons (Fsp3) is 0.800. The second-order valence-corrected chi connectivity index (χ2v) is 4.14. The number of nitrogens with zero attached hydrogens (tertiary/aromatic N) is 1. The highest BCUT2D eigenvalue weighted by molar-refractivity contribution is 7.80. The van der Waals surface area contributed by atoms with Gasteiger partial charge in [-0.15, -0.1) is 0 Å². The molecule has 1 unspecified atom stereocenters. The molecule has 0 fully saturated rings. The molecule has 0 aromatic rings. The van der Waals surface area contributed by atoms with Gasteiger partial charge in [-0.3, -0.25) is 4.79 Å². The molecule has 0 rings (SSSR count). The number of nitrogens with two attached hydrogens (primary N) is 1. The topological polar surface area (TPSA) is 55.6 Å². The summed E-state index contributed by atoms with van der Waals surface area (Å²) in [7, 11) is 3.41. The fourth-order valence-electron chi connectivity index (χ4n) is 1.04. The van der Waals surface area contributed by atoms with E-state index in [2.05, 4.69) is 0 Å². The summed E-state index contributed by atoms with van der Waals surface area (Å²) in [6.07, 6.45) is 1.95. The lowest BCUT2D eigenvalue weighted by atomic mass is 10.2. The zero-order chi connectivity index (χ0) is 11.8. The lowest BCUT2D eigenvalue weighted by Crippen LogP contribution is -2.30. The van der Waals surface area contributed by atoms with Crippen LogP contribution in [0.3, 0.4) is 0 Å². The van der Waals surface area contributed by atoms with Crippen LogP contribution in [0.15, 0.2) is 0 Å². The van der Waals surface area contributed by atoms with Crippen LogP contribution in [-0.2, 0) is 9.53 Å². The minimum atomic E-state index is 0.107. The van der Waals surface area contributed by atoms with Crippen LogP contribution in [0.4, 0.5) is 0 Å². The van der Waals surface area contributed by atoms with Crippen molar-refractivity contribution in [2.45, 2.75) is 32.3 Å². The lowest BCUT2D eigenvalue weighted by Gasteiger charge is -2.17. The van der Waals surface area contributed by atoms with E-state index < -0.39 is 0 Å². The standard InChI is InChI=1S/C10H20N2O2S/c1-8(14-3)4-5-10(13)12(2)7-6-9(11)15/h8H,4-7H2,1-3H3,(H2,11,15). The molecule has 0 spiro atoms. The summed E-state index contributed by atoms with van der Waals surface area (Å²) in [6, 6.07) is 0. The molecular formula is C10H20N2O2S. The van der Waals surface area contributed by atoms with Gasteiger partial charge in [0.2, 0.25) is 5.91 Å². The summed E-state index contributed by atoms with van der Waals surface area (Å²) in [5.41, 5.74) is 5.36. The molecule has 0 heterocycles. The third-order valence-electron chi connectivity index (χ3n) is 2.29. The molecule has 0 bridgehead atoms. The predicted molar refractivity (Wildman–Crippen MR) is 64.7 cm³/mol. The van der Waals surface area contributed by atoms with Crippen molar-refractivity contribution in [1.29, 1.82) is 0 Å². The average molecular weight is 232 g/mol. The summed E-state index contributed by atoms with van der Waals surface area (Å²) in [4.78, 5) is 13.7. The number of carbonyl (C=O) groups excluding carboxylic acids is 1. The van der Waals surface area contributed by atoms with E-state index in [0.29, 0.717) is 24.4 Å². The van der Waals surface area contributed by atoms with E-state index in [4.69, 9.17) is 22.7 Å². The zero-order valence-electron chi connectivity index (χ0n) is 9.66. The van der Waals surface area contributed by atoms with Crippen LogP contribution in [0, 0.1) is 0 Å². The van der Waals surface area contributed by atoms with Crippen molar-refractivity contribution in [3.8, 4) is 0 Å². The molecule has 1 amide bonds. The van der Waals surface area contributed by atoms with Gasteiger partial charge in [0.15, 0.2) is 0 Å². The van der Waals surface area contributed by atoms with Crippen molar-refractivity contribution in [3.63, 3.8) is 0 Å². The van der Waals surface area contributed by atoms with Crippen molar-refractivity contribution >= 4 is 23.1 Å². The van der Waals surface area contributed by atoms with Crippen LogP contribution < -0.4 is 5.73 Å². The monoisotopic (exact) mass is 232 g/mol. The minimum Gasteiger partial charge on any atom is -0.393 e. The predicted octanol–water partition coefficient (Wildman–Crippen LogP) is 0.936. The summed E-state index contributed by atoms with van der Waals surface area (Å²) >= 11 is 4.75. The van der Waals surface area contributed by atoms with Gasteiger partial charge in [-0.2, -0.15) is 0 Å². The number of hydrogen-bond donors (Lipinski definition) is 1. The molecule has 5 heteroatoms. The molecule has 0 saturated heterocycles. The number of hydrogen-bond acceptors (Lipinski definition) is 3. The number of ether oxygens (including phenoxy) is 1. The average Bonchev–Trinajstić information content (AvgIpc) is 2.21. The van der Waals surface area contributed by atoms with Crippen molar-refractivity contribution in [1.82, 2.24) is 4.90 Å². The van der Waals surface area contributed by atoms with Gasteiger partial charge in [-0.05, 0) is 13.3 Å². The maximum Gasteiger partial charge on any atom is 0.222 e. The van der Waals surface area contributed by atoms with Crippen LogP contribution in [0.5, 0.6) is 0 Å². The molecule has 0 aliphatic rings. The first-order chi connectivity index (χ1) is 6.97. The van der Waals surface area contributed by atoms with E-state index in [1.807, 2.05) is 6.92 Å². The van der Waals surface area contributed by atoms with Crippen LogP contribution in [-0.4, -0.2) is 42.6 Å². The lowest BCUT2D eigenvalue weighted by molar-refractivity contribution is -0.130. The smallest absolute Gasteiger partial charge is 0.222 e. The Morgan fingerprint density at radius 3 is 2.60 bits per heavy atom. The molecular weight excluding hydrogens is 212 g/mol. The third-order valence-corrected chi connectivity index (χ3v) is 2.49. The maximum absolute atomic E-state index is 11.6. The van der Waals surface area contributed by atoms with Crippen LogP contribution in [0.1, 0.15) is 26.2 Å². The van der Waals surface area contributed by atoms with Gasteiger partial charge in [0.1, 0.15) is 0 Å². The Labute approximate surface area is 96.8 Å². The van der Waals surface area contributed by atoms with E-state index in [-0.39, 0.29) is 12.0 Å². The Morgan fingerprint density at radius 1 is 1.53 bits per heavy atom. The van der Waals surface area contributed by atoms with Crippen molar-refractivity contribution in [2.75, 3.05) is 20.7 Å². The molecule has 88 valence electrons. The number of methoxy groups -OCH3 is 1. The molecule has 0 aliphatic heterocycles. The number of carbonyl (C=O) groups is 1. The second kappa shape index (κ2) is 7.59. The Balaban J connectivity index is 3.74. The Bertz CT molecular complexity index is 221. The zero-order valence-corrected chi connectivity index (χ0v) is 10.5. The first-order valence-corrected chi connectivity index (χ1v) is 5.43. The van der Waals surface area contributed by atoms with Crippen LogP contribution in [0.2, 0.25) is 0 Å². The van der Waals surface area contributed by atoms with E-state index in [1.54, 1.807) is 19.1 Å². The first-order valence-electron chi connectivity index (χ1n) is 5.02. The molecule has 0 aromatic carbocycles. The Hall–Kier alpha value is -0.680. The molecule has 0 radical (unpaired) electrons. The quantitative estimate of drug-likeness (QED) is 0.664. The molecule has 4 nitrogen and oxygen atoms in total. The van der Waals surface area contributed by atoms with Crippen LogP contribution in [0.25, 0.3) is 0 Å². The van der Waals surface area contributed by atoms with E-state index >= 15 is 0 Å². The highest BCUT2D eigenvalue weighted by Gasteiger charge is 2.10. The van der Waals surface area contributed by atoms with Gasteiger partial charge in [-0.25, -0.2) is 0 Å². The summed E-state index contributed by atoms with van der Waals surface area (Å²) < 4.78 is 5.07. The van der Waals surface area contributed by atoms with E-state index in [1.165, 1.54) is 0 Å². The molecule has 2 N–H and O–H groups in total. The van der Waals surface area contributed by atoms with Gasteiger partial charge in [0.05, 0.1) is 11.1 Å². The Kier molecular flexibility index (Phi) is 7.25.